The third-order valence-corrected chi connectivity index (χ3v) is 3.20. The van der Waals surface area contributed by atoms with Crippen molar-refractivity contribution in [1.29, 1.82) is 0 Å². The quantitative estimate of drug-likeness (QED) is 0.648. The molecule has 0 spiro atoms. The molecule has 0 radical (unpaired) electrons. The van der Waals surface area contributed by atoms with Gasteiger partial charge in [-0.25, -0.2) is 9.78 Å². The molecule has 0 aliphatic rings. The number of aromatic nitrogens is 3. The summed E-state index contributed by atoms with van der Waals surface area (Å²) in [5, 5.41) is 0.852. The van der Waals surface area contributed by atoms with Crippen molar-refractivity contribution in [3.63, 3.8) is 0 Å². The van der Waals surface area contributed by atoms with Crippen LogP contribution >= 0.6 is 11.8 Å². The molecule has 0 atom stereocenters. The van der Waals surface area contributed by atoms with Gasteiger partial charge in [0, 0.05) is 18.1 Å². The first-order chi connectivity index (χ1) is 7.75. The molecular formula is C11H11N3OS. The summed E-state index contributed by atoms with van der Waals surface area (Å²) >= 11 is 1.56. The standard InChI is InChI=1S/C11H11N3OS/c1-8-6-13-11(15)14-10(8)16-7-9-4-2-3-5-12-9/h2-6H,7H2,1H3,(H,13,14,15). The molecule has 0 aromatic carbocycles. The van der Waals surface area contributed by atoms with E-state index >= 15 is 0 Å². The molecule has 0 saturated heterocycles. The van der Waals surface area contributed by atoms with Crippen molar-refractivity contribution in [1.82, 2.24) is 15.0 Å². The molecule has 0 aliphatic heterocycles. The van der Waals surface area contributed by atoms with Gasteiger partial charge in [0.1, 0.15) is 0 Å². The summed E-state index contributed by atoms with van der Waals surface area (Å²) in [6.07, 6.45) is 3.34. The van der Waals surface area contributed by atoms with Crippen LogP contribution in [0.4, 0.5) is 0 Å². The third kappa shape index (κ3) is 2.70. The molecule has 2 rings (SSSR count). The topological polar surface area (TPSA) is 58.6 Å². The maximum Gasteiger partial charge on any atom is 0.345 e. The second-order valence-corrected chi connectivity index (χ2v) is 4.30. The maximum absolute atomic E-state index is 11.1. The van der Waals surface area contributed by atoms with E-state index in [0.29, 0.717) is 0 Å². The summed E-state index contributed by atoms with van der Waals surface area (Å²) in [5.41, 5.74) is 1.65. The Bertz CT molecular complexity index is 524. The van der Waals surface area contributed by atoms with E-state index in [0.717, 1.165) is 22.0 Å². The van der Waals surface area contributed by atoms with Crippen LogP contribution in [0.25, 0.3) is 0 Å². The molecule has 0 unspecified atom stereocenters. The van der Waals surface area contributed by atoms with Gasteiger partial charge < -0.3 is 4.98 Å². The van der Waals surface area contributed by atoms with E-state index in [9.17, 15) is 4.79 Å². The summed E-state index contributed by atoms with van der Waals surface area (Å²) in [7, 11) is 0. The largest absolute Gasteiger partial charge is 0.345 e. The van der Waals surface area contributed by atoms with Gasteiger partial charge >= 0.3 is 5.69 Å². The summed E-state index contributed by atoms with van der Waals surface area (Å²) in [5.74, 6) is 0.738. The third-order valence-electron chi connectivity index (χ3n) is 2.04. The van der Waals surface area contributed by atoms with Crippen LogP contribution in [0.3, 0.4) is 0 Å². The van der Waals surface area contributed by atoms with E-state index in [4.69, 9.17) is 0 Å². The number of thioether (sulfide) groups is 1. The molecule has 0 fully saturated rings. The number of H-pyrrole nitrogens is 1. The number of nitrogens with zero attached hydrogens (tertiary/aromatic N) is 2. The highest BCUT2D eigenvalue weighted by Gasteiger charge is 2.02. The van der Waals surface area contributed by atoms with E-state index in [1.807, 2.05) is 25.1 Å². The fourth-order valence-electron chi connectivity index (χ4n) is 1.22. The molecule has 16 heavy (non-hydrogen) atoms. The van der Waals surface area contributed by atoms with E-state index in [-0.39, 0.29) is 5.69 Å². The molecule has 2 aromatic rings. The van der Waals surface area contributed by atoms with Gasteiger partial charge in [0.15, 0.2) is 0 Å². The molecule has 0 saturated carbocycles. The number of nitrogens with one attached hydrogen (secondary N) is 1. The van der Waals surface area contributed by atoms with Gasteiger partial charge in [0.2, 0.25) is 0 Å². The van der Waals surface area contributed by atoms with E-state index in [2.05, 4.69) is 15.0 Å². The molecule has 1 N–H and O–H groups in total. The molecule has 82 valence electrons. The van der Waals surface area contributed by atoms with Gasteiger partial charge in [-0.2, -0.15) is 0 Å². The number of aryl methyl sites for hydroxylation is 1. The van der Waals surface area contributed by atoms with Crippen molar-refractivity contribution in [3.05, 3.63) is 52.3 Å². The normalized spacial score (nSPS) is 10.3. The van der Waals surface area contributed by atoms with Crippen molar-refractivity contribution in [2.75, 3.05) is 0 Å². The zero-order chi connectivity index (χ0) is 11.4. The van der Waals surface area contributed by atoms with Crippen molar-refractivity contribution < 1.29 is 0 Å². The van der Waals surface area contributed by atoms with Gasteiger partial charge in [-0.1, -0.05) is 6.07 Å². The van der Waals surface area contributed by atoms with Gasteiger partial charge in [-0.3, -0.25) is 4.98 Å². The first-order valence-electron chi connectivity index (χ1n) is 4.84. The maximum atomic E-state index is 11.1. The minimum Gasteiger partial charge on any atom is -0.300 e. The Morgan fingerprint density at radius 1 is 1.38 bits per heavy atom. The predicted octanol–water partition coefficient (Wildman–Crippen LogP) is 1.77. The van der Waals surface area contributed by atoms with Crippen LogP contribution < -0.4 is 5.69 Å². The first-order valence-corrected chi connectivity index (χ1v) is 5.83. The molecule has 2 heterocycles. The van der Waals surface area contributed by atoms with Crippen molar-refractivity contribution in [3.8, 4) is 0 Å². The van der Waals surface area contributed by atoms with Crippen LogP contribution in [0.15, 0.2) is 40.4 Å². The minimum atomic E-state index is -0.311. The van der Waals surface area contributed by atoms with E-state index < -0.39 is 0 Å². The van der Waals surface area contributed by atoms with Gasteiger partial charge in [-0.15, -0.1) is 11.8 Å². The molecule has 4 nitrogen and oxygen atoms in total. The van der Waals surface area contributed by atoms with Crippen molar-refractivity contribution in [2.24, 2.45) is 0 Å². The molecule has 0 bridgehead atoms. The minimum absolute atomic E-state index is 0.311. The fourth-order valence-corrected chi connectivity index (χ4v) is 2.12. The highest BCUT2D eigenvalue weighted by Crippen LogP contribution is 2.21. The highest BCUT2D eigenvalue weighted by atomic mass is 32.2. The number of rotatable bonds is 3. The lowest BCUT2D eigenvalue weighted by molar-refractivity contribution is 0.945. The number of pyridine rings is 1. The summed E-state index contributed by atoms with van der Waals surface area (Å²) < 4.78 is 0. The van der Waals surface area contributed by atoms with Crippen molar-refractivity contribution in [2.45, 2.75) is 17.7 Å². The van der Waals surface area contributed by atoms with Crippen LogP contribution in [0.2, 0.25) is 0 Å². The molecule has 5 heteroatoms. The lowest BCUT2D eigenvalue weighted by atomic mass is 10.4. The van der Waals surface area contributed by atoms with Gasteiger partial charge in [0.05, 0.1) is 10.7 Å². The van der Waals surface area contributed by atoms with Crippen LogP contribution in [0.5, 0.6) is 0 Å². The smallest absolute Gasteiger partial charge is 0.300 e. The number of hydrogen-bond acceptors (Lipinski definition) is 4. The van der Waals surface area contributed by atoms with Crippen LogP contribution in [0.1, 0.15) is 11.3 Å². The van der Waals surface area contributed by atoms with Gasteiger partial charge in [-0.05, 0) is 24.6 Å². The zero-order valence-electron chi connectivity index (χ0n) is 8.80. The Hall–Kier alpha value is -1.62. The second-order valence-electron chi connectivity index (χ2n) is 3.31. The summed E-state index contributed by atoms with van der Waals surface area (Å²) in [6, 6.07) is 5.79. The van der Waals surface area contributed by atoms with Crippen molar-refractivity contribution >= 4 is 11.8 Å². The zero-order valence-corrected chi connectivity index (χ0v) is 9.62. The Labute approximate surface area is 97.2 Å². The molecule has 0 amide bonds. The Morgan fingerprint density at radius 3 is 3.00 bits per heavy atom. The Kier molecular flexibility index (Phi) is 3.36. The van der Waals surface area contributed by atoms with E-state index in [1.165, 1.54) is 0 Å². The summed E-state index contributed by atoms with van der Waals surface area (Å²) in [4.78, 5) is 21.6. The lowest BCUT2D eigenvalue weighted by Crippen LogP contribution is -2.10. The average Bonchev–Trinajstić information content (AvgIpc) is 2.32. The molecule has 0 aliphatic carbocycles. The SMILES string of the molecule is Cc1cnc(=O)[nH]c1SCc1ccccn1. The Morgan fingerprint density at radius 2 is 2.25 bits per heavy atom. The monoisotopic (exact) mass is 233 g/mol. The molecule has 2 aromatic heterocycles. The molecular weight excluding hydrogens is 222 g/mol. The summed E-state index contributed by atoms with van der Waals surface area (Å²) in [6.45, 7) is 1.92. The fraction of sp³-hybridized carbons (Fsp3) is 0.182. The second kappa shape index (κ2) is 4.94. The first kappa shape index (κ1) is 10.9. The number of hydrogen-bond donors (Lipinski definition) is 1. The highest BCUT2D eigenvalue weighted by molar-refractivity contribution is 7.98. The average molecular weight is 233 g/mol. The number of aromatic amines is 1. The van der Waals surface area contributed by atoms with Crippen LogP contribution in [0, 0.1) is 6.92 Å². The van der Waals surface area contributed by atoms with E-state index in [1.54, 1.807) is 24.2 Å². The Balaban J connectivity index is 2.10. The van der Waals surface area contributed by atoms with Gasteiger partial charge in [0.25, 0.3) is 0 Å². The van der Waals surface area contributed by atoms with Crippen LogP contribution in [-0.2, 0) is 5.75 Å². The lowest BCUT2D eigenvalue weighted by Gasteiger charge is -2.03. The van der Waals surface area contributed by atoms with Crippen LogP contribution in [-0.4, -0.2) is 15.0 Å². The predicted molar refractivity (Wildman–Crippen MR) is 63.4 cm³/mol.